The minimum Gasteiger partial charge on any atom is -0.463 e. The molecule has 0 spiro atoms. The molecule has 1 N–H and O–H groups in total. The summed E-state index contributed by atoms with van der Waals surface area (Å²) < 4.78 is 19.0. The molecule has 1 aromatic heterocycles. The Balaban J connectivity index is 2.13. The number of hydrogen-bond acceptors (Lipinski definition) is 6. The molecule has 1 aromatic rings. The van der Waals surface area contributed by atoms with Crippen molar-refractivity contribution in [1.82, 2.24) is 0 Å². The van der Waals surface area contributed by atoms with Gasteiger partial charge in [0.05, 0.1) is 6.26 Å². The van der Waals surface area contributed by atoms with Crippen LogP contribution in [0.3, 0.4) is 0 Å². The van der Waals surface area contributed by atoms with Gasteiger partial charge in [-0.2, -0.15) is 4.76 Å². The van der Waals surface area contributed by atoms with Crippen LogP contribution >= 0.6 is 8.53 Å². The van der Waals surface area contributed by atoms with E-state index in [0.29, 0.717) is 0 Å². The van der Waals surface area contributed by atoms with E-state index in [1.54, 1.807) is 6.08 Å². The molecule has 2 rings (SSSR count). The van der Waals surface area contributed by atoms with Gasteiger partial charge < -0.3 is 18.6 Å². The highest BCUT2D eigenvalue weighted by molar-refractivity contribution is 7.46. The molecule has 0 aromatic carbocycles. The number of hydrogen-bond donors (Lipinski definition) is 1. The Labute approximate surface area is 91.8 Å². The van der Waals surface area contributed by atoms with Crippen molar-refractivity contribution in [2.45, 2.75) is 6.61 Å². The molecule has 1 aliphatic rings. The second kappa shape index (κ2) is 4.92. The van der Waals surface area contributed by atoms with Crippen LogP contribution in [0.4, 0.5) is 0 Å². The Kier molecular flexibility index (Phi) is 3.34. The quantitative estimate of drug-likeness (QED) is 0.808. The summed E-state index contributed by atoms with van der Waals surface area (Å²) in [6.07, 6.45) is 5.70. The van der Waals surface area contributed by atoms with Gasteiger partial charge in [-0.15, -0.1) is 0 Å². The molecule has 0 saturated carbocycles. The monoisotopic (exact) mass is 241 g/mol. The van der Waals surface area contributed by atoms with Crippen LogP contribution in [0.5, 0.6) is 5.75 Å². The molecule has 6 nitrogen and oxygen atoms in total. The SMILES string of the molecule is O=c1cc(CO)occ1OP1N=CC=CO1. The number of aliphatic hydroxyl groups excluding tert-OH is 1. The van der Waals surface area contributed by atoms with E-state index in [9.17, 15) is 4.79 Å². The minimum absolute atomic E-state index is 0.00996. The molecule has 1 atom stereocenters. The van der Waals surface area contributed by atoms with Crippen LogP contribution in [0, 0.1) is 0 Å². The van der Waals surface area contributed by atoms with Crippen molar-refractivity contribution in [1.29, 1.82) is 0 Å². The average Bonchev–Trinajstić information content (AvgIpc) is 2.33. The van der Waals surface area contributed by atoms with Crippen LogP contribution in [0.15, 0.2) is 38.6 Å². The highest BCUT2D eigenvalue weighted by atomic mass is 31.2. The van der Waals surface area contributed by atoms with Gasteiger partial charge in [-0.25, -0.2) is 0 Å². The summed E-state index contributed by atoms with van der Waals surface area (Å²) in [5.41, 5.74) is -0.383. The third-order valence-electron chi connectivity index (χ3n) is 1.66. The summed E-state index contributed by atoms with van der Waals surface area (Å²) in [6.45, 7) is -0.332. The smallest absolute Gasteiger partial charge is 0.437 e. The Hall–Kier alpha value is -1.65. The third kappa shape index (κ3) is 2.48. The van der Waals surface area contributed by atoms with E-state index in [4.69, 9.17) is 18.6 Å². The second-order valence-electron chi connectivity index (χ2n) is 2.76. The first-order valence-electron chi connectivity index (χ1n) is 4.36. The maximum Gasteiger partial charge on any atom is 0.437 e. The van der Waals surface area contributed by atoms with Gasteiger partial charge in [0.25, 0.3) is 0 Å². The fourth-order valence-corrected chi connectivity index (χ4v) is 1.77. The van der Waals surface area contributed by atoms with Crippen LogP contribution in [0.2, 0.25) is 0 Å². The zero-order valence-corrected chi connectivity index (χ0v) is 8.96. The van der Waals surface area contributed by atoms with Crippen LogP contribution in [-0.2, 0) is 11.1 Å². The molecule has 1 aliphatic heterocycles. The summed E-state index contributed by atoms with van der Waals surface area (Å²) in [6, 6.07) is 1.16. The maximum atomic E-state index is 11.5. The summed E-state index contributed by atoms with van der Waals surface area (Å²) in [4.78, 5) is 11.5. The highest BCUT2D eigenvalue weighted by Gasteiger charge is 2.15. The molecule has 2 heterocycles. The molecule has 84 valence electrons. The Morgan fingerprint density at radius 2 is 2.44 bits per heavy atom. The summed E-state index contributed by atoms with van der Waals surface area (Å²) in [5, 5.41) is 8.75. The van der Waals surface area contributed by atoms with E-state index in [1.807, 2.05) is 0 Å². The van der Waals surface area contributed by atoms with Crippen LogP contribution in [-0.4, -0.2) is 11.3 Å². The molecular weight excluding hydrogens is 233 g/mol. The van der Waals surface area contributed by atoms with Gasteiger partial charge in [0.15, 0.2) is 0 Å². The zero-order chi connectivity index (χ0) is 11.4. The van der Waals surface area contributed by atoms with Gasteiger partial charge in [-0.3, -0.25) is 4.79 Å². The third-order valence-corrected chi connectivity index (χ3v) is 2.64. The molecule has 0 bridgehead atoms. The molecule has 0 amide bonds. The normalized spacial score (nSPS) is 18.2. The standard InChI is InChI=1S/C9H8NO5P/c11-5-7-4-8(12)9(6-13-7)15-16-10-2-1-3-14-16/h1-4,6,11H,5H2. The fraction of sp³-hybridized carbons (Fsp3) is 0.111. The van der Waals surface area contributed by atoms with Gasteiger partial charge in [-0.1, -0.05) is 0 Å². The van der Waals surface area contributed by atoms with Gasteiger partial charge in [-0.05, 0) is 6.08 Å². The fourth-order valence-electron chi connectivity index (χ4n) is 0.960. The first kappa shape index (κ1) is 10.9. The molecule has 0 radical (unpaired) electrons. The van der Waals surface area contributed by atoms with E-state index >= 15 is 0 Å². The lowest BCUT2D eigenvalue weighted by Crippen LogP contribution is -2.05. The van der Waals surface area contributed by atoms with Crippen molar-refractivity contribution in [3.63, 3.8) is 0 Å². The zero-order valence-electron chi connectivity index (χ0n) is 8.07. The van der Waals surface area contributed by atoms with Crippen molar-refractivity contribution < 1.29 is 18.6 Å². The average molecular weight is 241 g/mol. The number of allylic oxidation sites excluding steroid dienone is 1. The van der Waals surface area contributed by atoms with Crippen LogP contribution in [0.25, 0.3) is 0 Å². The first-order valence-corrected chi connectivity index (χ1v) is 5.49. The summed E-state index contributed by atoms with van der Waals surface area (Å²) in [7, 11) is -1.52. The lowest BCUT2D eigenvalue weighted by Gasteiger charge is -2.11. The van der Waals surface area contributed by atoms with Crippen molar-refractivity contribution in [3.8, 4) is 5.75 Å². The maximum absolute atomic E-state index is 11.5. The van der Waals surface area contributed by atoms with Crippen molar-refractivity contribution in [2.24, 2.45) is 4.76 Å². The van der Waals surface area contributed by atoms with E-state index in [-0.39, 0.29) is 23.5 Å². The van der Waals surface area contributed by atoms with Crippen molar-refractivity contribution >= 4 is 14.7 Å². The Morgan fingerprint density at radius 1 is 1.56 bits per heavy atom. The molecule has 0 saturated heterocycles. The summed E-state index contributed by atoms with van der Waals surface area (Å²) in [5.74, 6) is 0.189. The lowest BCUT2D eigenvalue weighted by molar-refractivity contribution is 0.242. The topological polar surface area (TPSA) is 81.3 Å². The van der Waals surface area contributed by atoms with E-state index in [0.717, 1.165) is 12.3 Å². The molecule has 1 unspecified atom stereocenters. The van der Waals surface area contributed by atoms with E-state index < -0.39 is 8.53 Å². The Morgan fingerprint density at radius 3 is 3.06 bits per heavy atom. The Bertz CT molecular complexity index is 481. The van der Waals surface area contributed by atoms with E-state index in [2.05, 4.69) is 4.76 Å². The molecule has 0 aliphatic carbocycles. The number of rotatable bonds is 3. The van der Waals surface area contributed by atoms with Gasteiger partial charge in [0.2, 0.25) is 11.2 Å². The first-order chi connectivity index (χ1) is 7.79. The summed E-state index contributed by atoms with van der Waals surface area (Å²) >= 11 is 0. The number of aliphatic hydroxyl groups is 1. The molecule has 16 heavy (non-hydrogen) atoms. The highest BCUT2D eigenvalue weighted by Crippen LogP contribution is 2.41. The van der Waals surface area contributed by atoms with Crippen LogP contribution in [0.1, 0.15) is 5.76 Å². The van der Waals surface area contributed by atoms with Crippen molar-refractivity contribution in [2.75, 3.05) is 0 Å². The van der Waals surface area contributed by atoms with Gasteiger partial charge in [0.1, 0.15) is 18.6 Å². The predicted molar refractivity (Wildman–Crippen MR) is 57.2 cm³/mol. The predicted octanol–water partition coefficient (Wildman–Crippen LogP) is 1.35. The van der Waals surface area contributed by atoms with Gasteiger partial charge in [0, 0.05) is 12.3 Å². The molecule has 0 fully saturated rings. The largest absolute Gasteiger partial charge is 0.463 e. The number of nitrogens with zero attached hydrogens (tertiary/aromatic N) is 1. The minimum atomic E-state index is -1.52. The second-order valence-corrected chi connectivity index (χ2v) is 3.86. The molecular formula is C9H8NO5P. The van der Waals surface area contributed by atoms with Crippen LogP contribution < -0.4 is 9.95 Å². The van der Waals surface area contributed by atoms with Gasteiger partial charge >= 0.3 is 8.53 Å². The van der Waals surface area contributed by atoms with E-state index in [1.165, 1.54) is 12.5 Å². The van der Waals surface area contributed by atoms with Crippen molar-refractivity contribution in [3.05, 3.63) is 40.7 Å². The lowest BCUT2D eigenvalue weighted by atomic mass is 10.4. The molecule has 7 heteroatoms.